The molecule has 4 aliphatic carbocycles. The summed E-state index contributed by atoms with van der Waals surface area (Å²) in [4.78, 5) is 14.0. The van der Waals surface area contributed by atoms with E-state index in [0.29, 0.717) is 41.5 Å². The first-order valence-electron chi connectivity index (χ1n) is 14.2. The van der Waals surface area contributed by atoms with Crippen molar-refractivity contribution < 1.29 is 14.6 Å². The molecule has 4 fully saturated rings. The number of rotatable bonds is 8. The van der Waals surface area contributed by atoms with E-state index >= 15 is 0 Å². The molecule has 0 radical (unpaired) electrons. The Bertz CT molecular complexity index is 713. The molecule has 34 heavy (non-hydrogen) atoms. The van der Waals surface area contributed by atoms with E-state index in [0.717, 1.165) is 37.8 Å². The lowest BCUT2D eigenvalue weighted by Gasteiger charge is -2.62. The summed E-state index contributed by atoms with van der Waals surface area (Å²) in [7, 11) is 5.78. The van der Waals surface area contributed by atoms with E-state index in [4.69, 9.17) is 4.74 Å². The van der Waals surface area contributed by atoms with Crippen LogP contribution in [-0.4, -0.2) is 62.4 Å². The number of nitrogens with zero attached hydrogens (tertiary/aromatic N) is 1. The maximum Gasteiger partial charge on any atom is 0.305 e. The number of ether oxygens (including phenoxy) is 1. The second-order valence-electron chi connectivity index (χ2n) is 13.3. The minimum Gasteiger partial charge on any atom is -0.469 e. The Morgan fingerprint density at radius 3 is 2.59 bits per heavy atom. The second kappa shape index (κ2) is 10.4. The first-order chi connectivity index (χ1) is 16.1. The highest BCUT2D eigenvalue weighted by Crippen LogP contribution is 2.68. The fraction of sp³-hybridized carbons (Fsp3) is 0.966. The zero-order valence-electron chi connectivity index (χ0n) is 22.8. The van der Waals surface area contributed by atoms with Crippen molar-refractivity contribution in [3.05, 3.63) is 0 Å². The van der Waals surface area contributed by atoms with E-state index in [1.807, 2.05) is 0 Å². The van der Waals surface area contributed by atoms with Gasteiger partial charge in [0.1, 0.15) is 0 Å². The molecule has 4 rings (SSSR count). The molecular weight excluding hydrogens is 424 g/mol. The molecule has 0 bridgehead atoms. The molecule has 0 spiro atoms. The third-order valence-corrected chi connectivity index (χ3v) is 11.6. The second-order valence-corrected chi connectivity index (χ2v) is 13.3. The van der Waals surface area contributed by atoms with Crippen LogP contribution in [0.25, 0.3) is 0 Å². The highest BCUT2D eigenvalue weighted by molar-refractivity contribution is 5.69. The number of fused-ring (bicyclic) bond motifs is 5. The largest absolute Gasteiger partial charge is 0.469 e. The Hall–Kier alpha value is -0.650. The highest BCUT2D eigenvalue weighted by atomic mass is 16.5. The fourth-order valence-electron chi connectivity index (χ4n) is 9.51. The van der Waals surface area contributed by atoms with Gasteiger partial charge < -0.3 is 20.1 Å². The van der Waals surface area contributed by atoms with E-state index in [9.17, 15) is 9.90 Å². The van der Waals surface area contributed by atoms with Crippen LogP contribution in [0.15, 0.2) is 0 Å². The third-order valence-electron chi connectivity index (χ3n) is 11.6. The van der Waals surface area contributed by atoms with Gasteiger partial charge in [0.25, 0.3) is 0 Å². The Morgan fingerprint density at radius 2 is 1.88 bits per heavy atom. The Labute approximate surface area is 208 Å². The van der Waals surface area contributed by atoms with Crippen LogP contribution in [0.5, 0.6) is 0 Å². The lowest BCUT2D eigenvalue weighted by molar-refractivity contribution is -0.170. The molecule has 0 aliphatic heterocycles. The van der Waals surface area contributed by atoms with E-state index in [2.05, 4.69) is 45.1 Å². The van der Waals surface area contributed by atoms with Crippen molar-refractivity contribution in [1.82, 2.24) is 10.2 Å². The molecule has 5 nitrogen and oxygen atoms in total. The maximum absolute atomic E-state index is 11.7. The number of likely N-dealkylation sites (N-methyl/N-ethyl adjacent to an activating group) is 1. The average molecular weight is 477 g/mol. The number of nitrogens with one attached hydrogen (secondary N) is 1. The van der Waals surface area contributed by atoms with Crippen LogP contribution in [-0.2, 0) is 9.53 Å². The number of hydrogen-bond donors (Lipinski definition) is 2. The molecule has 0 amide bonds. The predicted molar refractivity (Wildman–Crippen MR) is 137 cm³/mol. The van der Waals surface area contributed by atoms with Gasteiger partial charge in [-0.25, -0.2) is 0 Å². The van der Waals surface area contributed by atoms with E-state index < -0.39 is 0 Å². The first kappa shape index (κ1) is 26.4. The average Bonchev–Trinajstić information content (AvgIpc) is 3.16. The summed E-state index contributed by atoms with van der Waals surface area (Å²) in [6.07, 6.45) is 11.3. The Morgan fingerprint density at radius 1 is 1.12 bits per heavy atom. The molecule has 0 aromatic carbocycles. The molecule has 0 heterocycles. The first-order valence-corrected chi connectivity index (χ1v) is 14.2. The monoisotopic (exact) mass is 476 g/mol. The Kier molecular flexibility index (Phi) is 8.06. The van der Waals surface area contributed by atoms with Crippen LogP contribution in [0.3, 0.4) is 0 Å². The number of aliphatic hydroxyl groups is 1. The third kappa shape index (κ3) is 4.70. The van der Waals surface area contributed by atoms with E-state index in [1.54, 1.807) is 0 Å². The minimum absolute atomic E-state index is 0.00480. The number of carbonyl (C=O) groups excluding carboxylic acids is 1. The summed E-state index contributed by atoms with van der Waals surface area (Å²) >= 11 is 0. The summed E-state index contributed by atoms with van der Waals surface area (Å²) < 4.78 is 4.89. The topological polar surface area (TPSA) is 61.8 Å². The van der Waals surface area contributed by atoms with Crippen LogP contribution in [0.4, 0.5) is 0 Å². The van der Waals surface area contributed by atoms with E-state index in [-0.39, 0.29) is 17.5 Å². The van der Waals surface area contributed by atoms with E-state index in [1.165, 1.54) is 52.1 Å². The molecular formula is C29H52N2O3. The molecule has 2 N–H and O–H groups in total. The van der Waals surface area contributed by atoms with Crippen LogP contribution < -0.4 is 5.32 Å². The van der Waals surface area contributed by atoms with Gasteiger partial charge in [-0.2, -0.15) is 0 Å². The van der Waals surface area contributed by atoms with Gasteiger partial charge in [0, 0.05) is 25.6 Å². The van der Waals surface area contributed by atoms with Gasteiger partial charge in [0.15, 0.2) is 0 Å². The van der Waals surface area contributed by atoms with Crippen molar-refractivity contribution in [3.63, 3.8) is 0 Å². The van der Waals surface area contributed by atoms with Gasteiger partial charge in [-0.3, -0.25) is 4.79 Å². The fourth-order valence-corrected chi connectivity index (χ4v) is 9.51. The maximum atomic E-state index is 11.7. The summed E-state index contributed by atoms with van der Waals surface area (Å²) in [6, 6.07) is 0.667. The highest BCUT2D eigenvalue weighted by Gasteiger charge is 2.63. The predicted octanol–water partition coefficient (Wildman–Crippen LogP) is 4.73. The van der Waals surface area contributed by atoms with Gasteiger partial charge in [0.2, 0.25) is 0 Å². The van der Waals surface area contributed by atoms with Gasteiger partial charge in [-0.1, -0.05) is 20.8 Å². The number of methoxy groups -OCH3 is 1. The lowest BCUT2D eigenvalue weighted by Crippen LogP contribution is -2.59. The van der Waals surface area contributed by atoms with Crippen LogP contribution in [0.1, 0.15) is 85.0 Å². The van der Waals surface area contributed by atoms with Gasteiger partial charge in [0.05, 0.1) is 13.2 Å². The van der Waals surface area contributed by atoms with Crippen molar-refractivity contribution in [2.24, 2.45) is 46.3 Å². The zero-order chi connectivity index (χ0) is 24.7. The normalized spacial score (nSPS) is 44.8. The zero-order valence-corrected chi connectivity index (χ0v) is 22.8. The molecule has 0 saturated heterocycles. The molecule has 4 aliphatic rings. The van der Waals surface area contributed by atoms with Crippen molar-refractivity contribution in [1.29, 1.82) is 0 Å². The molecule has 196 valence electrons. The number of carbonyl (C=O) groups is 1. The number of esters is 1. The van der Waals surface area contributed by atoms with Crippen molar-refractivity contribution in [2.45, 2.75) is 97.1 Å². The minimum atomic E-state index is -0.210. The molecule has 4 unspecified atom stereocenters. The SMILES string of the molecule is COC(=O)CCC(C)[C@H]1CCC2C3CC[C@@H]4C[C@H](NCCN(C)C)CC[C@]4(C)C3C[C@H](O)[C@@]21C. The molecule has 0 aromatic heterocycles. The van der Waals surface area contributed by atoms with Crippen LogP contribution in [0.2, 0.25) is 0 Å². The van der Waals surface area contributed by atoms with Gasteiger partial charge in [-0.15, -0.1) is 0 Å². The smallest absolute Gasteiger partial charge is 0.305 e. The number of aliphatic hydroxyl groups excluding tert-OH is 1. The van der Waals surface area contributed by atoms with Crippen LogP contribution in [0, 0.1) is 46.3 Å². The van der Waals surface area contributed by atoms with Gasteiger partial charge >= 0.3 is 5.97 Å². The molecule has 0 aromatic rings. The standard InChI is InChI=1S/C29H52N2O3/c1-19(7-12-27(33)34-6)23-10-11-24-22-9-8-20-17-21(30-15-16-31(4)5)13-14-28(20,2)25(22)18-26(32)29(23,24)3/h19-26,30,32H,7-18H2,1-6H3/t19?,20-,21-,22?,23-,24?,25?,26+,28+,29-/m1/s1. The molecule has 4 saturated carbocycles. The van der Waals surface area contributed by atoms with Crippen molar-refractivity contribution in [2.75, 3.05) is 34.3 Å². The summed E-state index contributed by atoms with van der Waals surface area (Å²) in [5.74, 6) is 3.74. The Balaban J connectivity index is 1.43. The molecule has 5 heteroatoms. The summed E-state index contributed by atoms with van der Waals surface area (Å²) in [5, 5.41) is 15.6. The lowest BCUT2D eigenvalue weighted by atomic mass is 9.43. The van der Waals surface area contributed by atoms with Crippen molar-refractivity contribution >= 4 is 5.97 Å². The summed E-state index contributed by atoms with van der Waals surface area (Å²) in [5.41, 5.74) is 0.393. The summed E-state index contributed by atoms with van der Waals surface area (Å²) in [6.45, 7) is 9.50. The number of hydrogen-bond acceptors (Lipinski definition) is 5. The molecule has 10 atom stereocenters. The quantitative estimate of drug-likeness (QED) is 0.496. The van der Waals surface area contributed by atoms with Gasteiger partial charge in [-0.05, 0) is 118 Å². The van der Waals surface area contributed by atoms with Crippen molar-refractivity contribution in [3.8, 4) is 0 Å². The van der Waals surface area contributed by atoms with Crippen LogP contribution >= 0.6 is 0 Å².